The molecule has 1 amide bonds. The molecule has 1 saturated heterocycles. The number of carbonyl (C=O) groups excluding carboxylic acids is 1. The third-order valence-electron chi connectivity index (χ3n) is 3.08. The fraction of sp³-hybridized carbons (Fsp3) is 0.462. The topological polar surface area (TPSA) is 52.6 Å². The van der Waals surface area contributed by atoms with E-state index in [1.807, 2.05) is 19.9 Å². The van der Waals surface area contributed by atoms with Gasteiger partial charge in [0, 0.05) is 26.2 Å². The van der Waals surface area contributed by atoms with Crippen LogP contribution in [-0.2, 0) is 0 Å². The Bertz CT molecular complexity index is 414. The molecule has 0 bridgehead atoms. The smallest absolute Gasteiger partial charge is 0.257 e. The van der Waals surface area contributed by atoms with E-state index >= 15 is 0 Å². The van der Waals surface area contributed by atoms with Gasteiger partial charge in [-0.05, 0) is 31.0 Å². The summed E-state index contributed by atoms with van der Waals surface area (Å²) in [6.45, 7) is 6.81. The van der Waals surface area contributed by atoms with Gasteiger partial charge in [-0.15, -0.1) is 0 Å². The summed E-state index contributed by atoms with van der Waals surface area (Å²) in [6.07, 6.45) is 0. The van der Waals surface area contributed by atoms with Crippen molar-refractivity contribution in [3.05, 3.63) is 28.8 Å². The Kier molecular flexibility index (Phi) is 3.33. The van der Waals surface area contributed by atoms with Crippen molar-refractivity contribution in [3.63, 3.8) is 0 Å². The predicted molar refractivity (Wildman–Crippen MR) is 66.4 cm³/mol. The highest BCUT2D eigenvalue weighted by atomic mass is 16.3. The highest BCUT2D eigenvalue weighted by Gasteiger charge is 2.22. The molecule has 0 spiro atoms. The van der Waals surface area contributed by atoms with Gasteiger partial charge >= 0.3 is 0 Å². The third kappa shape index (κ3) is 2.42. The molecular formula is C13H18N2O2. The number of aromatic hydroxyl groups is 1. The number of aryl methyl sites for hydroxylation is 2. The molecule has 1 aromatic carbocycles. The monoisotopic (exact) mass is 234 g/mol. The van der Waals surface area contributed by atoms with Crippen LogP contribution in [0.1, 0.15) is 21.5 Å². The molecule has 1 aliphatic heterocycles. The highest BCUT2D eigenvalue weighted by Crippen LogP contribution is 2.24. The molecule has 2 N–H and O–H groups in total. The molecule has 0 saturated carbocycles. The Hall–Kier alpha value is -1.55. The number of benzene rings is 1. The first-order valence-corrected chi connectivity index (χ1v) is 5.90. The zero-order valence-corrected chi connectivity index (χ0v) is 10.3. The summed E-state index contributed by atoms with van der Waals surface area (Å²) in [5.74, 6) is 0.0209. The van der Waals surface area contributed by atoms with E-state index in [2.05, 4.69) is 5.32 Å². The number of phenols is 1. The molecule has 17 heavy (non-hydrogen) atoms. The molecule has 0 atom stereocenters. The molecular weight excluding hydrogens is 216 g/mol. The summed E-state index contributed by atoms with van der Waals surface area (Å²) >= 11 is 0. The Morgan fingerprint density at radius 2 is 1.94 bits per heavy atom. The summed E-state index contributed by atoms with van der Waals surface area (Å²) in [5, 5.41) is 13.1. The Labute approximate surface area is 101 Å². The standard InChI is InChI=1S/C13H18N2O2/c1-9-7-10(2)12(11(16)8-9)13(17)15-5-3-14-4-6-15/h7-8,14,16H,3-6H2,1-2H3. The first-order valence-electron chi connectivity index (χ1n) is 5.90. The molecule has 4 nitrogen and oxygen atoms in total. The van der Waals surface area contributed by atoms with Crippen LogP contribution < -0.4 is 5.32 Å². The van der Waals surface area contributed by atoms with Crippen molar-refractivity contribution in [1.82, 2.24) is 10.2 Å². The van der Waals surface area contributed by atoms with Crippen LogP contribution in [0, 0.1) is 13.8 Å². The summed E-state index contributed by atoms with van der Waals surface area (Å²) in [5.41, 5.74) is 2.25. The molecule has 0 aromatic heterocycles. The highest BCUT2D eigenvalue weighted by molar-refractivity contribution is 5.98. The molecule has 1 heterocycles. The van der Waals surface area contributed by atoms with E-state index in [0.29, 0.717) is 18.7 Å². The van der Waals surface area contributed by atoms with Gasteiger partial charge in [-0.1, -0.05) is 6.07 Å². The Balaban J connectivity index is 2.30. The average Bonchev–Trinajstić information content (AvgIpc) is 2.28. The van der Waals surface area contributed by atoms with Crippen molar-refractivity contribution < 1.29 is 9.90 Å². The second kappa shape index (κ2) is 4.75. The van der Waals surface area contributed by atoms with Crippen molar-refractivity contribution in [2.45, 2.75) is 13.8 Å². The van der Waals surface area contributed by atoms with Crippen LogP contribution in [-0.4, -0.2) is 42.1 Å². The number of nitrogens with one attached hydrogen (secondary N) is 1. The van der Waals surface area contributed by atoms with Crippen LogP contribution in [0.3, 0.4) is 0 Å². The Morgan fingerprint density at radius 3 is 2.53 bits per heavy atom. The van der Waals surface area contributed by atoms with Crippen LogP contribution >= 0.6 is 0 Å². The predicted octanol–water partition coefficient (Wildman–Crippen LogP) is 1.05. The number of amides is 1. The molecule has 4 heteroatoms. The largest absolute Gasteiger partial charge is 0.507 e. The van der Waals surface area contributed by atoms with Gasteiger partial charge in [0.25, 0.3) is 5.91 Å². The maximum absolute atomic E-state index is 12.3. The lowest BCUT2D eigenvalue weighted by atomic mass is 10.0. The number of nitrogens with zero attached hydrogens (tertiary/aromatic N) is 1. The van der Waals surface area contributed by atoms with Gasteiger partial charge in [-0.2, -0.15) is 0 Å². The van der Waals surface area contributed by atoms with Gasteiger partial charge in [0.05, 0.1) is 5.56 Å². The second-order valence-corrected chi connectivity index (χ2v) is 4.52. The number of phenolic OH excluding ortho intramolecular Hbond substituents is 1. The van der Waals surface area contributed by atoms with E-state index < -0.39 is 0 Å². The van der Waals surface area contributed by atoms with E-state index in [1.165, 1.54) is 0 Å². The zero-order chi connectivity index (χ0) is 12.4. The molecule has 1 aromatic rings. The van der Waals surface area contributed by atoms with Crippen LogP contribution in [0.4, 0.5) is 0 Å². The van der Waals surface area contributed by atoms with Crippen molar-refractivity contribution in [1.29, 1.82) is 0 Å². The summed E-state index contributed by atoms with van der Waals surface area (Å²) in [7, 11) is 0. The molecule has 1 aliphatic rings. The number of hydrogen-bond donors (Lipinski definition) is 2. The fourth-order valence-corrected chi connectivity index (χ4v) is 2.25. The maximum Gasteiger partial charge on any atom is 0.257 e. The van der Waals surface area contributed by atoms with E-state index in [1.54, 1.807) is 11.0 Å². The lowest BCUT2D eigenvalue weighted by Gasteiger charge is -2.28. The molecule has 0 unspecified atom stereocenters. The minimum atomic E-state index is -0.0681. The van der Waals surface area contributed by atoms with Crippen LogP contribution in [0.25, 0.3) is 0 Å². The normalized spacial score (nSPS) is 16.0. The lowest BCUT2D eigenvalue weighted by molar-refractivity contribution is 0.0732. The van der Waals surface area contributed by atoms with Crippen LogP contribution in [0.15, 0.2) is 12.1 Å². The number of rotatable bonds is 1. The van der Waals surface area contributed by atoms with E-state index in [4.69, 9.17) is 0 Å². The van der Waals surface area contributed by atoms with Gasteiger partial charge in [-0.3, -0.25) is 4.79 Å². The van der Waals surface area contributed by atoms with Gasteiger partial charge in [0.15, 0.2) is 0 Å². The summed E-state index contributed by atoms with van der Waals surface area (Å²) in [6, 6.07) is 3.57. The molecule has 0 aliphatic carbocycles. The number of hydrogen-bond acceptors (Lipinski definition) is 3. The van der Waals surface area contributed by atoms with Crippen molar-refractivity contribution in [2.75, 3.05) is 26.2 Å². The second-order valence-electron chi connectivity index (χ2n) is 4.52. The SMILES string of the molecule is Cc1cc(C)c(C(=O)N2CCNCC2)c(O)c1. The van der Waals surface area contributed by atoms with Gasteiger partial charge in [0.2, 0.25) is 0 Å². The minimum absolute atomic E-state index is 0.0681. The van der Waals surface area contributed by atoms with E-state index in [9.17, 15) is 9.90 Å². The van der Waals surface area contributed by atoms with Crippen molar-refractivity contribution in [3.8, 4) is 5.75 Å². The van der Waals surface area contributed by atoms with E-state index in [0.717, 1.165) is 24.2 Å². The van der Waals surface area contributed by atoms with E-state index in [-0.39, 0.29) is 11.7 Å². The Morgan fingerprint density at radius 1 is 1.29 bits per heavy atom. The van der Waals surface area contributed by atoms with Crippen LogP contribution in [0.2, 0.25) is 0 Å². The zero-order valence-electron chi connectivity index (χ0n) is 10.3. The molecule has 1 fully saturated rings. The van der Waals surface area contributed by atoms with Crippen LogP contribution in [0.5, 0.6) is 5.75 Å². The lowest BCUT2D eigenvalue weighted by Crippen LogP contribution is -2.46. The fourth-order valence-electron chi connectivity index (χ4n) is 2.25. The minimum Gasteiger partial charge on any atom is -0.507 e. The first-order chi connectivity index (χ1) is 8.09. The molecule has 92 valence electrons. The summed E-state index contributed by atoms with van der Waals surface area (Å²) < 4.78 is 0. The number of piperazine rings is 1. The average molecular weight is 234 g/mol. The third-order valence-corrected chi connectivity index (χ3v) is 3.08. The van der Waals surface area contributed by atoms with Gasteiger partial charge in [0.1, 0.15) is 5.75 Å². The van der Waals surface area contributed by atoms with Crippen molar-refractivity contribution >= 4 is 5.91 Å². The van der Waals surface area contributed by atoms with Gasteiger partial charge in [-0.25, -0.2) is 0 Å². The maximum atomic E-state index is 12.3. The molecule has 2 rings (SSSR count). The number of carbonyl (C=O) groups is 1. The molecule has 0 radical (unpaired) electrons. The quantitative estimate of drug-likeness (QED) is 0.764. The van der Waals surface area contributed by atoms with Gasteiger partial charge < -0.3 is 15.3 Å². The summed E-state index contributed by atoms with van der Waals surface area (Å²) in [4.78, 5) is 14.1. The van der Waals surface area contributed by atoms with Crippen molar-refractivity contribution in [2.24, 2.45) is 0 Å². The first kappa shape index (κ1) is 11.9.